The Hall–Kier alpha value is -3.22. The summed E-state index contributed by atoms with van der Waals surface area (Å²) in [5, 5.41) is 0. The van der Waals surface area contributed by atoms with E-state index in [1.54, 1.807) is 4.90 Å². The van der Waals surface area contributed by atoms with Crippen LogP contribution in [0.5, 0.6) is 11.5 Å². The van der Waals surface area contributed by atoms with E-state index in [4.69, 9.17) is 9.47 Å². The summed E-state index contributed by atoms with van der Waals surface area (Å²) in [4.78, 5) is 31.7. The predicted octanol–water partition coefficient (Wildman–Crippen LogP) is 1.95. The van der Waals surface area contributed by atoms with Crippen LogP contribution in [-0.4, -0.2) is 73.1 Å². The zero-order valence-corrected chi connectivity index (χ0v) is 17.7. The number of hydrogen-bond donors (Lipinski definition) is 0. The number of carbonyl (C=O) groups excluding carboxylic acids is 2. The number of hydrogen-bond acceptors (Lipinski definition) is 5. The maximum Gasteiger partial charge on any atom is 0.267 e. The van der Waals surface area contributed by atoms with E-state index in [0.717, 1.165) is 12.1 Å². The number of benzene rings is 2. The number of anilines is 1. The molecule has 7 heteroatoms. The molecule has 2 aromatic rings. The molecule has 0 aliphatic carbocycles. The fraction of sp³-hybridized carbons (Fsp3) is 0.417. The molecule has 0 radical (unpaired) electrons. The highest BCUT2D eigenvalue weighted by Gasteiger charge is 2.34. The zero-order chi connectivity index (χ0) is 21.4. The van der Waals surface area contributed by atoms with Gasteiger partial charge >= 0.3 is 0 Å². The van der Waals surface area contributed by atoms with E-state index in [1.807, 2.05) is 41.3 Å². The molecule has 0 bridgehead atoms. The van der Waals surface area contributed by atoms with E-state index in [1.165, 1.54) is 5.56 Å². The van der Waals surface area contributed by atoms with Crippen molar-refractivity contribution in [3.63, 3.8) is 0 Å². The summed E-state index contributed by atoms with van der Waals surface area (Å²) < 4.78 is 11.5. The van der Waals surface area contributed by atoms with Crippen molar-refractivity contribution in [1.82, 2.24) is 9.80 Å². The number of amides is 2. The van der Waals surface area contributed by atoms with Crippen molar-refractivity contribution < 1.29 is 19.1 Å². The smallest absolute Gasteiger partial charge is 0.267 e. The van der Waals surface area contributed by atoms with E-state index in [-0.39, 0.29) is 18.4 Å². The predicted molar refractivity (Wildman–Crippen MR) is 116 cm³/mol. The highest BCUT2D eigenvalue weighted by molar-refractivity contribution is 5.84. The van der Waals surface area contributed by atoms with Crippen molar-refractivity contribution in [2.75, 3.05) is 44.2 Å². The Balaban J connectivity index is 1.16. The Kier molecular flexibility index (Phi) is 5.18. The first-order valence-electron chi connectivity index (χ1n) is 10.9. The average Bonchev–Trinajstić information content (AvgIpc) is 3.13. The summed E-state index contributed by atoms with van der Waals surface area (Å²) in [5.74, 6) is 1.30. The van der Waals surface area contributed by atoms with Crippen LogP contribution in [-0.2, 0) is 16.0 Å². The van der Waals surface area contributed by atoms with Gasteiger partial charge in [0.05, 0.1) is 6.54 Å². The molecule has 0 N–H and O–H groups in total. The molecule has 3 aliphatic heterocycles. The normalized spacial score (nSPS) is 22.3. The third-order valence-electron chi connectivity index (χ3n) is 6.38. The van der Waals surface area contributed by atoms with Gasteiger partial charge in [0.25, 0.3) is 5.91 Å². The monoisotopic (exact) mass is 421 g/mol. The van der Waals surface area contributed by atoms with Crippen LogP contribution in [0.4, 0.5) is 5.69 Å². The molecule has 1 fully saturated rings. The van der Waals surface area contributed by atoms with E-state index in [2.05, 4.69) is 24.0 Å². The fourth-order valence-electron chi connectivity index (χ4n) is 4.64. The van der Waals surface area contributed by atoms with Crippen molar-refractivity contribution in [1.29, 1.82) is 0 Å². The number of para-hydroxylation sites is 3. The van der Waals surface area contributed by atoms with Crippen LogP contribution in [0.3, 0.4) is 0 Å². The quantitative estimate of drug-likeness (QED) is 0.758. The standard InChI is InChI=1S/C24H27N3O4/c1-17-14-18-6-2-3-7-19(18)27(17)15-23(28)25-10-12-26(13-11-25)24(29)22-16-30-20-8-4-5-9-21(20)31-22/h2-9,17,22H,10-16H2,1H3/t17-,22-/m0/s1. The summed E-state index contributed by atoms with van der Waals surface area (Å²) >= 11 is 0. The highest BCUT2D eigenvalue weighted by atomic mass is 16.6. The van der Waals surface area contributed by atoms with Crippen LogP contribution < -0.4 is 14.4 Å². The molecule has 7 nitrogen and oxygen atoms in total. The first kappa shape index (κ1) is 19.7. The molecule has 0 spiro atoms. The second-order valence-electron chi connectivity index (χ2n) is 8.38. The Morgan fingerprint density at radius 1 is 0.935 bits per heavy atom. The van der Waals surface area contributed by atoms with E-state index < -0.39 is 6.10 Å². The van der Waals surface area contributed by atoms with Gasteiger partial charge in [-0.25, -0.2) is 0 Å². The minimum absolute atomic E-state index is 0.0799. The number of fused-ring (bicyclic) bond motifs is 2. The van der Waals surface area contributed by atoms with Gasteiger partial charge in [-0.3, -0.25) is 9.59 Å². The molecule has 162 valence electrons. The molecule has 2 amide bonds. The largest absolute Gasteiger partial charge is 0.485 e. The molecule has 1 saturated heterocycles. The van der Waals surface area contributed by atoms with Crippen molar-refractivity contribution in [2.24, 2.45) is 0 Å². The summed E-state index contributed by atoms with van der Waals surface area (Å²) in [6.07, 6.45) is 0.331. The molecule has 2 atom stereocenters. The minimum Gasteiger partial charge on any atom is -0.485 e. The summed E-state index contributed by atoms with van der Waals surface area (Å²) in [7, 11) is 0. The lowest BCUT2D eigenvalue weighted by Crippen LogP contribution is -2.56. The Morgan fingerprint density at radius 3 is 2.42 bits per heavy atom. The van der Waals surface area contributed by atoms with Gasteiger partial charge in [-0.15, -0.1) is 0 Å². The van der Waals surface area contributed by atoms with Crippen molar-refractivity contribution >= 4 is 17.5 Å². The molecule has 3 heterocycles. The van der Waals surface area contributed by atoms with Crippen LogP contribution in [0.15, 0.2) is 48.5 Å². The van der Waals surface area contributed by atoms with Gasteiger partial charge in [0, 0.05) is 37.9 Å². The second kappa shape index (κ2) is 8.13. The first-order valence-corrected chi connectivity index (χ1v) is 10.9. The molecule has 0 saturated carbocycles. The van der Waals surface area contributed by atoms with Crippen LogP contribution in [0, 0.1) is 0 Å². The summed E-state index contributed by atoms with van der Waals surface area (Å²) in [6.45, 7) is 4.85. The molecular weight excluding hydrogens is 394 g/mol. The maximum atomic E-state index is 13.0. The van der Waals surface area contributed by atoms with Gasteiger partial charge in [-0.05, 0) is 37.1 Å². The van der Waals surface area contributed by atoms with E-state index in [0.29, 0.717) is 50.3 Å². The Morgan fingerprint density at radius 2 is 1.61 bits per heavy atom. The number of piperazine rings is 1. The number of rotatable bonds is 3. The summed E-state index contributed by atoms with van der Waals surface area (Å²) in [6, 6.07) is 16.0. The second-order valence-corrected chi connectivity index (χ2v) is 8.38. The van der Waals surface area contributed by atoms with Crippen molar-refractivity contribution in [2.45, 2.75) is 25.5 Å². The van der Waals surface area contributed by atoms with Gasteiger partial charge < -0.3 is 24.2 Å². The van der Waals surface area contributed by atoms with Crippen molar-refractivity contribution in [3.05, 3.63) is 54.1 Å². The lowest BCUT2D eigenvalue weighted by atomic mass is 10.1. The minimum atomic E-state index is -0.640. The fourth-order valence-corrected chi connectivity index (χ4v) is 4.64. The number of carbonyl (C=O) groups is 2. The third-order valence-corrected chi connectivity index (χ3v) is 6.38. The van der Waals surface area contributed by atoms with Crippen LogP contribution in [0.25, 0.3) is 0 Å². The van der Waals surface area contributed by atoms with Gasteiger partial charge in [0.2, 0.25) is 12.0 Å². The van der Waals surface area contributed by atoms with Crippen LogP contribution in [0.2, 0.25) is 0 Å². The van der Waals surface area contributed by atoms with Gasteiger partial charge in [-0.2, -0.15) is 0 Å². The molecule has 0 unspecified atom stereocenters. The van der Waals surface area contributed by atoms with E-state index in [9.17, 15) is 9.59 Å². The third kappa shape index (κ3) is 3.80. The number of nitrogens with zero attached hydrogens (tertiary/aromatic N) is 3. The summed E-state index contributed by atoms with van der Waals surface area (Å²) in [5.41, 5.74) is 2.46. The van der Waals surface area contributed by atoms with Gasteiger partial charge in [0.15, 0.2) is 11.5 Å². The van der Waals surface area contributed by atoms with Gasteiger partial charge in [0.1, 0.15) is 6.61 Å². The molecule has 5 rings (SSSR count). The molecule has 2 aromatic carbocycles. The average molecular weight is 421 g/mol. The molecular formula is C24H27N3O4. The molecule has 0 aromatic heterocycles. The Labute approximate surface area is 182 Å². The van der Waals surface area contributed by atoms with Crippen LogP contribution >= 0.6 is 0 Å². The van der Waals surface area contributed by atoms with Crippen LogP contribution in [0.1, 0.15) is 12.5 Å². The zero-order valence-electron chi connectivity index (χ0n) is 17.7. The van der Waals surface area contributed by atoms with Gasteiger partial charge in [-0.1, -0.05) is 30.3 Å². The Bertz CT molecular complexity index is 986. The highest BCUT2D eigenvalue weighted by Crippen LogP contribution is 2.32. The topological polar surface area (TPSA) is 62.3 Å². The maximum absolute atomic E-state index is 13.0. The lowest BCUT2D eigenvalue weighted by molar-refractivity contribution is -0.145. The number of ether oxygens (including phenoxy) is 2. The van der Waals surface area contributed by atoms with Crippen molar-refractivity contribution in [3.8, 4) is 11.5 Å². The lowest BCUT2D eigenvalue weighted by Gasteiger charge is -2.38. The first-order chi connectivity index (χ1) is 15.1. The molecule has 31 heavy (non-hydrogen) atoms. The molecule has 3 aliphatic rings. The van der Waals surface area contributed by atoms with E-state index >= 15 is 0 Å². The SMILES string of the molecule is C[C@H]1Cc2ccccc2N1CC(=O)N1CCN(C(=O)[C@@H]2COc3ccccc3O2)CC1.